The molecule has 2 aromatic rings. The first-order valence-electron chi connectivity index (χ1n) is 7.09. The summed E-state index contributed by atoms with van der Waals surface area (Å²) in [6.07, 6.45) is 0. The van der Waals surface area contributed by atoms with Crippen LogP contribution in [-0.4, -0.2) is 60.0 Å². The number of carbonyl (C=O) groups is 5. The third-order valence-corrected chi connectivity index (χ3v) is 2.70. The Morgan fingerprint density at radius 3 is 1.63 bits per heavy atom. The van der Waals surface area contributed by atoms with E-state index in [4.69, 9.17) is 45.3 Å². The van der Waals surface area contributed by atoms with E-state index >= 15 is 0 Å². The molecule has 27 heavy (non-hydrogen) atoms. The van der Waals surface area contributed by atoms with Gasteiger partial charge in [0.1, 0.15) is 0 Å². The van der Waals surface area contributed by atoms with Gasteiger partial charge in [0, 0.05) is 11.4 Å². The van der Waals surface area contributed by atoms with Crippen molar-refractivity contribution in [3.05, 3.63) is 30.0 Å². The Morgan fingerprint density at radius 1 is 0.889 bits per heavy atom. The molecular weight excluding hydrogens is 366 g/mol. The highest BCUT2D eigenvalue weighted by Gasteiger charge is 2.15. The van der Waals surface area contributed by atoms with Gasteiger partial charge in [0.15, 0.2) is 5.69 Å². The highest BCUT2D eigenvalue weighted by atomic mass is 16.4. The summed E-state index contributed by atoms with van der Waals surface area (Å²) >= 11 is 0. The number of carboxylic acid groups (broad SMARTS) is 4. The molecule has 0 atom stereocenters. The number of aliphatic carboxylic acids is 4. The number of aromatic nitrogens is 2. The fourth-order valence-corrected chi connectivity index (χ4v) is 1.66. The standard InChI is InChI=1S/C11H13N3O.2C2H2O4/c1-7(2)14-9-6-4-3-5-8(9)10(13-14)11(12)15;2*3-1(4)2(5)6/h3-7H,1-2H3,(H2,12,15);2*(H,3,4)(H,5,6). The average molecular weight is 383 g/mol. The van der Waals surface area contributed by atoms with Gasteiger partial charge in [-0.1, -0.05) is 18.2 Å². The molecule has 0 fully saturated rings. The molecule has 0 aliphatic rings. The molecule has 6 N–H and O–H groups in total. The fourth-order valence-electron chi connectivity index (χ4n) is 1.66. The number of nitrogens with two attached hydrogens (primary N) is 1. The maximum absolute atomic E-state index is 11.2. The number of hydrogen-bond donors (Lipinski definition) is 5. The predicted molar refractivity (Wildman–Crippen MR) is 89.2 cm³/mol. The molecular formula is C15H17N3O9. The van der Waals surface area contributed by atoms with E-state index in [1.807, 2.05) is 42.8 Å². The lowest BCUT2D eigenvalue weighted by molar-refractivity contribution is -0.159. The lowest BCUT2D eigenvalue weighted by Crippen LogP contribution is -2.13. The van der Waals surface area contributed by atoms with Gasteiger partial charge in [-0.25, -0.2) is 19.2 Å². The second-order valence-corrected chi connectivity index (χ2v) is 4.99. The van der Waals surface area contributed by atoms with Crippen molar-refractivity contribution in [1.29, 1.82) is 0 Å². The van der Waals surface area contributed by atoms with E-state index in [0.29, 0.717) is 5.69 Å². The van der Waals surface area contributed by atoms with Crippen molar-refractivity contribution in [2.45, 2.75) is 19.9 Å². The van der Waals surface area contributed by atoms with Gasteiger partial charge in [0.2, 0.25) is 0 Å². The van der Waals surface area contributed by atoms with Crippen molar-refractivity contribution in [1.82, 2.24) is 9.78 Å². The van der Waals surface area contributed by atoms with E-state index in [2.05, 4.69) is 5.10 Å². The Balaban J connectivity index is 0.000000470. The van der Waals surface area contributed by atoms with Crippen LogP contribution in [0.5, 0.6) is 0 Å². The normalized spacial score (nSPS) is 9.44. The highest BCUT2D eigenvalue weighted by molar-refractivity contribution is 6.27. The number of rotatable bonds is 2. The molecule has 0 spiro atoms. The summed E-state index contributed by atoms with van der Waals surface area (Å²) in [6.45, 7) is 4.04. The lowest BCUT2D eigenvalue weighted by atomic mass is 10.2. The van der Waals surface area contributed by atoms with Crippen molar-refractivity contribution in [3.63, 3.8) is 0 Å². The fraction of sp³-hybridized carbons (Fsp3) is 0.200. The van der Waals surface area contributed by atoms with Gasteiger partial charge in [-0.15, -0.1) is 0 Å². The van der Waals surface area contributed by atoms with Crippen LogP contribution in [0, 0.1) is 0 Å². The number of hydrogen-bond acceptors (Lipinski definition) is 6. The SMILES string of the molecule is CC(C)n1nc(C(N)=O)c2ccccc21.O=C(O)C(=O)O.O=C(O)C(=O)O. The van der Waals surface area contributed by atoms with Gasteiger partial charge >= 0.3 is 23.9 Å². The number of para-hydroxylation sites is 1. The van der Waals surface area contributed by atoms with E-state index in [0.717, 1.165) is 10.9 Å². The van der Waals surface area contributed by atoms with Crippen LogP contribution in [0.15, 0.2) is 24.3 Å². The first-order chi connectivity index (χ1) is 12.4. The van der Waals surface area contributed by atoms with E-state index < -0.39 is 29.8 Å². The van der Waals surface area contributed by atoms with Gasteiger partial charge < -0.3 is 26.2 Å². The van der Waals surface area contributed by atoms with Crippen LogP contribution in [0.25, 0.3) is 10.9 Å². The molecule has 1 heterocycles. The second kappa shape index (κ2) is 10.1. The summed E-state index contributed by atoms with van der Waals surface area (Å²) in [7, 11) is 0. The maximum Gasteiger partial charge on any atom is 0.414 e. The van der Waals surface area contributed by atoms with Crippen molar-refractivity contribution in [3.8, 4) is 0 Å². The topological polar surface area (TPSA) is 210 Å². The molecule has 1 amide bonds. The average Bonchev–Trinajstić information content (AvgIpc) is 2.96. The number of benzene rings is 1. The van der Waals surface area contributed by atoms with Crippen LogP contribution in [0.2, 0.25) is 0 Å². The largest absolute Gasteiger partial charge is 0.473 e. The van der Waals surface area contributed by atoms with Crippen molar-refractivity contribution < 1.29 is 44.4 Å². The molecule has 0 bridgehead atoms. The lowest BCUT2D eigenvalue weighted by Gasteiger charge is -2.05. The number of primary amides is 1. The van der Waals surface area contributed by atoms with Gasteiger partial charge in [-0.05, 0) is 19.9 Å². The number of nitrogens with zero attached hydrogens (tertiary/aromatic N) is 2. The van der Waals surface area contributed by atoms with Gasteiger partial charge in [-0.2, -0.15) is 5.10 Å². The quantitative estimate of drug-likeness (QED) is 0.439. The Hall–Kier alpha value is -3.96. The van der Waals surface area contributed by atoms with Crippen LogP contribution in [0.3, 0.4) is 0 Å². The smallest absolute Gasteiger partial charge is 0.414 e. The van der Waals surface area contributed by atoms with Crippen molar-refractivity contribution in [2.24, 2.45) is 5.73 Å². The number of amides is 1. The van der Waals surface area contributed by atoms with Crippen LogP contribution in [0.1, 0.15) is 30.4 Å². The molecule has 0 saturated heterocycles. The molecule has 0 saturated carbocycles. The summed E-state index contributed by atoms with van der Waals surface area (Å²) in [4.78, 5) is 47.6. The Morgan fingerprint density at radius 2 is 1.30 bits per heavy atom. The minimum atomic E-state index is -1.82. The first kappa shape index (κ1) is 23.0. The zero-order valence-corrected chi connectivity index (χ0v) is 14.2. The summed E-state index contributed by atoms with van der Waals surface area (Å²) < 4.78 is 1.81. The molecule has 0 aliphatic carbocycles. The molecule has 0 unspecified atom stereocenters. The third kappa shape index (κ3) is 7.21. The number of carboxylic acids is 4. The molecule has 1 aromatic carbocycles. The maximum atomic E-state index is 11.2. The van der Waals surface area contributed by atoms with Crippen LogP contribution in [0.4, 0.5) is 0 Å². The van der Waals surface area contributed by atoms with Crippen LogP contribution >= 0.6 is 0 Å². The second-order valence-electron chi connectivity index (χ2n) is 4.99. The molecule has 12 heteroatoms. The summed E-state index contributed by atoms with van der Waals surface area (Å²) in [5.74, 6) is -7.78. The summed E-state index contributed by atoms with van der Waals surface area (Å²) in [5.41, 5.74) is 6.57. The first-order valence-corrected chi connectivity index (χ1v) is 7.09. The van der Waals surface area contributed by atoms with Gasteiger partial charge in [-0.3, -0.25) is 9.48 Å². The molecule has 2 rings (SSSR count). The molecule has 12 nitrogen and oxygen atoms in total. The minimum Gasteiger partial charge on any atom is -0.473 e. The van der Waals surface area contributed by atoms with Crippen LogP contribution < -0.4 is 5.73 Å². The number of fused-ring (bicyclic) bond motifs is 1. The van der Waals surface area contributed by atoms with E-state index in [1.165, 1.54) is 0 Å². The molecule has 0 radical (unpaired) electrons. The predicted octanol–water partition coefficient (Wildman–Crippen LogP) is 0.0273. The molecule has 1 aromatic heterocycles. The van der Waals surface area contributed by atoms with E-state index in [-0.39, 0.29) is 6.04 Å². The van der Waals surface area contributed by atoms with Crippen molar-refractivity contribution >= 4 is 40.7 Å². The van der Waals surface area contributed by atoms with Gasteiger partial charge in [0.05, 0.1) is 5.52 Å². The minimum absolute atomic E-state index is 0.211. The highest BCUT2D eigenvalue weighted by Crippen LogP contribution is 2.20. The summed E-state index contributed by atoms with van der Waals surface area (Å²) in [5, 5.41) is 34.6. The van der Waals surface area contributed by atoms with E-state index in [9.17, 15) is 4.79 Å². The number of carbonyl (C=O) groups excluding carboxylic acids is 1. The van der Waals surface area contributed by atoms with E-state index in [1.54, 1.807) is 0 Å². The monoisotopic (exact) mass is 383 g/mol. The van der Waals surface area contributed by atoms with Crippen LogP contribution in [-0.2, 0) is 19.2 Å². The van der Waals surface area contributed by atoms with Crippen molar-refractivity contribution in [2.75, 3.05) is 0 Å². The third-order valence-electron chi connectivity index (χ3n) is 2.70. The zero-order chi connectivity index (χ0) is 21.3. The summed E-state index contributed by atoms with van der Waals surface area (Å²) in [6, 6.07) is 7.81. The molecule has 0 aliphatic heterocycles. The molecule has 146 valence electrons. The Bertz CT molecular complexity index is 823. The Kier molecular flexibility index (Phi) is 8.64. The Labute approximate surface area is 151 Å². The van der Waals surface area contributed by atoms with Gasteiger partial charge in [0.25, 0.3) is 5.91 Å². The zero-order valence-electron chi connectivity index (χ0n) is 14.2.